The zero-order chi connectivity index (χ0) is 17.4. The summed E-state index contributed by atoms with van der Waals surface area (Å²) in [6, 6.07) is 8.39. The molecule has 25 heavy (non-hydrogen) atoms. The van der Waals surface area contributed by atoms with Crippen LogP contribution in [0.1, 0.15) is 36.4 Å². The number of likely N-dealkylation sites (tertiary alicyclic amines) is 1. The van der Waals surface area contributed by atoms with E-state index in [-0.39, 0.29) is 5.54 Å². The third-order valence-electron chi connectivity index (χ3n) is 5.65. The molecule has 4 rings (SSSR count). The molecular weight excluding hydrogens is 355 g/mol. The SMILES string of the molecule is NC1(Cc2ccc(Cl)cc2Cl)CCN(C2CCNc3[nH]ccc32)CC1. The Morgan fingerprint density at radius 2 is 2.00 bits per heavy atom. The Morgan fingerprint density at radius 1 is 1.20 bits per heavy atom. The first kappa shape index (κ1) is 17.2. The first-order chi connectivity index (χ1) is 12.0. The number of nitrogens with zero attached hydrogens (tertiary/aromatic N) is 1. The van der Waals surface area contributed by atoms with E-state index in [9.17, 15) is 0 Å². The zero-order valence-electron chi connectivity index (χ0n) is 14.2. The predicted molar refractivity (Wildman–Crippen MR) is 105 cm³/mol. The highest BCUT2D eigenvalue weighted by Crippen LogP contribution is 2.37. The minimum absolute atomic E-state index is 0.193. The second kappa shape index (κ2) is 6.84. The topological polar surface area (TPSA) is 57.1 Å². The molecule has 1 saturated heterocycles. The molecule has 134 valence electrons. The molecule has 0 radical (unpaired) electrons. The van der Waals surface area contributed by atoms with E-state index in [4.69, 9.17) is 28.9 Å². The number of hydrogen-bond acceptors (Lipinski definition) is 3. The van der Waals surface area contributed by atoms with Crippen molar-refractivity contribution in [2.24, 2.45) is 5.73 Å². The van der Waals surface area contributed by atoms with Crippen LogP contribution < -0.4 is 11.1 Å². The van der Waals surface area contributed by atoms with E-state index in [1.54, 1.807) is 6.07 Å². The molecule has 2 aliphatic rings. The molecule has 0 aliphatic carbocycles. The van der Waals surface area contributed by atoms with Gasteiger partial charge in [-0.3, -0.25) is 4.90 Å². The van der Waals surface area contributed by atoms with Crippen molar-refractivity contribution < 1.29 is 0 Å². The zero-order valence-corrected chi connectivity index (χ0v) is 15.7. The normalized spacial score (nSPS) is 23.1. The molecule has 0 spiro atoms. The Hall–Kier alpha value is -1.20. The van der Waals surface area contributed by atoms with Crippen LogP contribution in [-0.2, 0) is 6.42 Å². The largest absolute Gasteiger partial charge is 0.371 e. The Kier molecular flexibility index (Phi) is 4.71. The van der Waals surface area contributed by atoms with E-state index < -0.39 is 0 Å². The number of hydrogen-bond donors (Lipinski definition) is 3. The molecule has 6 heteroatoms. The van der Waals surface area contributed by atoms with Crippen molar-refractivity contribution in [3.05, 3.63) is 51.6 Å². The molecule has 1 aromatic heterocycles. The first-order valence-corrected chi connectivity index (χ1v) is 9.68. The molecule has 2 aromatic rings. The Labute approximate surface area is 158 Å². The number of piperidine rings is 1. The van der Waals surface area contributed by atoms with E-state index in [1.807, 2.05) is 18.3 Å². The summed E-state index contributed by atoms with van der Waals surface area (Å²) in [5.41, 5.74) is 9.01. The highest BCUT2D eigenvalue weighted by Gasteiger charge is 2.35. The second-order valence-corrected chi connectivity index (χ2v) is 8.19. The summed E-state index contributed by atoms with van der Waals surface area (Å²) in [7, 11) is 0. The van der Waals surface area contributed by atoms with E-state index in [0.717, 1.165) is 55.9 Å². The minimum atomic E-state index is -0.193. The van der Waals surface area contributed by atoms with E-state index >= 15 is 0 Å². The molecule has 4 nitrogen and oxygen atoms in total. The Balaban J connectivity index is 1.43. The van der Waals surface area contributed by atoms with Crippen molar-refractivity contribution >= 4 is 29.0 Å². The van der Waals surface area contributed by atoms with Crippen LogP contribution in [0.5, 0.6) is 0 Å². The van der Waals surface area contributed by atoms with Gasteiger partial charge in [0.05, 0.1) is 0 Å². The van der Waals surface area contributed by atoms with Crippen LogP contribution in [0.25, 0.3) is 0 Å². The van der Waals surface area contributed by atoms with Gasteiger partial charge in [0.25, 0.3) is 0 Å². The van der Waals surface area contributed by atoms with Crippen LogP contribution in [0, 0.1) is 0 Å². The maximum Gasteiger partial charge on any atom is 0.108 e. The minimum Gasteiger partial charge on any atom is -0.371 e. The third kappa shape index (κ3) is 3.54. The van der Waals surface area contributed by atoms with Gasteiger partial charge in [-0.1, -0.05) is 29.3 Å². The number of halogens is 2. The Morgan fingerprint density at radius 3 is 2.76 bits per heavy atom. The molecule has 3 heterocycles. The van der Waals surface area contributed by atoms with Crippen molar-refractivity contribution in [3.63, 3.8) is 0 Å². The van der Waals surface area contributed by atoms with Crippen molar-refractivity contribution in [2.75, 3.05) is 25.0 Å². The first-order valence-electron chi connectivity index (χ1n) is 8.92. The van der Waals surface area contributed by atoms with Crippen LogP contribution in [0.2, 0.25) is 10.0 Å². The number of H-pyrrole nitrogens is 1. The summed E-state index contributed by atoms with van der Waals surface area (Å²) in [6.07, 6.45) is 5.94. The number of nitrogens with two attached hydrogens (primary N) is 1. The lowest BCUT2D eigenvalue weighted by Gasteiger charge is -2.44. The van der Waals surface area contributed by atoms with Crippen LogP contribution in [-0.4, -0.2) is 35.1 Å². The molecule has 1 fully saturated rings. The standard InChI is InChI=1S/C19H24Cl2N4/c20-14-2-1-13(16(21)11-14)12-19(22)5-9-25(10-6-19)17-4-8-24-18-15(17)3-7-23-18/h1-3,7,11,17,23-24H,4-6,8-10,12,22H2. The number of fused-ring (bicyclic) bond motifs is 1. The lowest BCUT2D eigenvalue weighted by atomic mass is 9.82. The fourth-order valence-corrected chi connectivity index (χ4v) is 4.66. The molecule has 0 bridgehead atoms. The summed E-state index contributed by atoms with van der Waals surface area (Å²) in [6.45, 7) is 3.07. The second-order valence-electron chi connectivity index (χ2n) is 7.35. The van der Waals surface area contributed by atoms with Gasteiger partial charge in [-0.05, 0) is 49.4 Å². The maximum atomic E-state index is 6.73. The summed E-state index contributed by atoms with van der Waals surface area (Å²) in [5.74, 6) is 1.17. The van der Waals surface area contributed by atoms with Gasteiger partial charge in [0.2, 0.25) is 0 Å². The highest BCUT2D eigenvalue weighted by atomic mass is 35.5. The molecule has 2 aliphatic heterocycles. The van der Waals surface area contributed by atoms with Gasteiger partial charge in [0.1, 0.15) is 5.82 Å². The van der Waals surface area contributed by atoms with Gasteiger partial charge in [0, 0.05) is 53.0 Å². The fourth-order valence-electron chi connectivity index (χ4n) is 4.18. The quantitative estimate of drug-likeness (QED) is 0.749. The van der Waals surface area contributed by atoms with Gasteiger partial charge in [0.15, 0.2) is 0 Å². The molecule has 0 amide bonds. The molecule has 0 saturated carbocycles. The maximum absolute atomic E-state index is 6.73. The van der Waals surface area contributed by atoms with Gasteiger partial charge in [-0.25, -0.2) is 0 Å². The van der Waals surface area contributed by atoms with Crippen molar-refractivity contribution in [2.45, 2.75) is 37.3 Å². The molecular formula is C19H24Cl2N4. The van der Waals surface area contributed by atoms with Gasteiger partial charge < -0.3 is 16.0 Å². The average molecular weight is 379 g/mol. The monoisotopic (exact) mass is 378 g/mol. The smallest absolute Gasteiger partial charge is 0.108 e. The van der Waals surface area contributed by atoms with Gasteiger partial charge >= 0.3 is 0 Å². The fraction of sp³-hybridized carbons (Fsp3) is 0.474. The van der Waals surface area contributed by atoms with Gasteiger partial charge in [-0.15, -0.1) is 0 Å². The van der Waals surface area contributed by atoms with Crippen LogP contribution in [0.15, 0.2) is 30.5 Å². The summed E-state index contributed by atoms with van der Waals surface area (Å²) in [4.78, 5) is 5.88. The summed E-state index contributed by atoms with van der Waals surface area (Å²) >= 11 is 12.3. The summed E-state index contributed by atoms with van der Waals surface area (Å²) < 4.78 is 0. The highest BCUT2D eigenvalue weighted by molar-refractivity contribution is 6.35. The number of aromatic nitrogens is 1. The molecule has 4 N–H and O–H groups in total. The van der Waals surface area contributed by atoms with Crippen molar-refractivity contribution in [3.8, 4) is 0 Å². The third-order valence-corrected chi connectivity index (χ3v) is 6.24. The Bertz CT molecular complexity index is 750. The van der Waals surface area contributed by atoms with Crippen molar-refractivity contribution in [1.29, 1.82) is 0 Å². The number of aromatic amines is 1. The number of anilines is 1. The molecule has 1 aromatic carbocycles. The van der Waals surface area contributed by atoms with E-state index in [0.29, 0.717) is 11.1 Å². The number of benzene rings is 1. The lowest BCUT2D eigenvalue weighted by molar-refractivity contribution is 0.111. The summed E-state index contributed by atoms with van der Waals surface area (Å²) in [5, 5.41) is 4.83. The lowest BCUT2D eigenvalue weighted by Crippen LogP contribution is -2.52. The van der Waals surface area contributed by atoms with Crippen LogP contribution >= 0.6 is 23.2 Å². The number of rotatable bonds is 3. The van der Waals surface area contributed by atoms with Crippen LogP contribution in [0.3, 0.4) is 0 Å². The molecule has 1 atom stereocenters. The molecule has 1 unspecified atom stereocenters. The van der Waals surface area contributed by atoms with E-state index in [1.165, 1.54) is 11.4 Å². The van der Waals surface area contributed by atoms with Gasteiger partial charge in [-0.2, -0.15) is 0 Å². The predicted octanol–water partition coefficient (Wildman–Crippen LogP) is 4.21. The van der Waals surface area contributed by atoms with Crippen LogP contribution in [0.4, 0.5) is 5.82 Å². The number of nitrogens with one attached hydrogen (secondary N) is 2. The van der Waals surface area contributed by atoms with Crippen molar-refractivity contribution in [1.82, 2.24) is 9.88 Å². The average Bonchev–Trinajstić information content (AvgIpc) is 3.07. The van der Waals surface area contributed by atoms with E-state index in [2.05, 4.69) is 21.3 Å².